The summed E-state index contributed by atoms with van der Waals surface area (Å²) in [5.74, 6) is 1.41. The maximum Gasteiger partial charge on any atom is 0.215 e. The standard InChI is InChI=1S/C11H22N3/c1-12-10-6-3-4-8-14(2)9-5-7-13-11(10)14/h10,12H,3-9H2,1-2H3/q+1. The van der Waals surface area contributed by atoms with Gasteiger partial charge in [0.2, 0.25) is 5.84 Å². The maximum atomic E-state index is 4.76. The summed E-state index contributed by atoms with van der Waals surface area (Å²) in [4.78, 5) is 4.76. The highest BCUT2D eigenvalue weighted by Crippen LogP contribution is 2.22. The molecule has 2 atom stereocenters. The largest absolute Gasteiger partial charge is 0.307 e. The first-order valence-electron chi connectivity index (χ1n) is 5.83. The second-order valence-electron chi connectivity index (χ2n) is 4.77. The number of rotatable bonds is 1. The van der Waals surface area contributed by atoms with Crippen LogP contribution in [0.1, 0.15) is 25.7 Å². The van der Waals surface area contributed by atoms with Crippen LogP contribution >= 0.6 is 0 Å². The predicted octanol–water partition coefficient (Wildman–Crippen LogP) is 1.01. The van der Waals surface area contributed by atoms with E-state index in [2.05, 4.69) is 19.4 Å². The molecule has 2 rings (SSSR count). The molecular formula is C11H22N3+. The number of hydrogen-bond donors (Lipinski definition) is 1. The van der Waals surface area contributed by atoms with Crippen LogP contribution in [0.2, 0.25) is 0 Å². The van der Waals surface area contributed by atoms with Gasteiger partial charge in [-0.2, -0.15) is 0 Å². The van der Waals surface area contributed by atoms with Crippen molar-refractivity contribution in [3.05, 3.63) is 0 Å². The van der Waals surface area contributed by atoms with E-state index in [-0.39, 0.29) is 0 Å². The second kappa shape index (κ2) is 3.99. The highest BCUT2D eigenvalue weighted by Gasteiger charge is 2.38. The molecule has 2 unspecified atom stereocenters. The third-order valence-corrected chi connectivity index (χ3v) is 3.69. The summed E-state index contributed by atoms with van der Waals surface area (Å²) in [6.45, 7) is 3.62. The molecule has 3 nitrogen and oxygen atoms in total. The lowest BCUT2D eigenvalue weighted by Gasteiger charge is -2.38. The Morgan fingerprint density at radius 2 is 2.07 bits per heavy atom. The van der Waals surface area contributed by atoms with Crippen LogP contribution in [0.15, 0.2) is 4.99 Å². The van der Waals surface area contributed by atoms with Crippen molar-refractivity contribution in [2.24, 2.45) is 4.99 Å². The zero-order valence-corrected chi connectivity index (χ0v) is 9.42. The highest BCUT2D eigenvalue weighted by molar-refractivity contribution is 5.81. The second-order valence-corrected chi connectivity index (χ2v) is 4.77. The Balaban J connectivity index is 2.26. The van der Waals surface area contributed by atoms with Crippen molar-refractivity contribution in [3.8, 4) is 0 Å². The van der Waals surface area contributed by atoms with Gasteiger partial charge in [-0.25, -0.2) is 4.99 Å². The maximum absolute atomic E-state index is 4.76. The number of amidine groups is 1. The van der Waals surface area contributed by atoms with E-state index in [9.17, 15) is 0 Å². The van der Waals surface area contributed by atoms with Crippen LogP contribution in [0.5, 0.6) is 0 Å². The minimum absolute atomic E-state index is 0.530. The molecule has 2 heterocycles. The van der Waals surface area contributed by atoms with Crippen molar-refractivity contribution in [3.63, 3.8) is 0 Å². The zero-order chi connectivity index (χ0) is 10.0. The number of nitrogens with zero attached hydrogens (tertiary/aromatic N) is 2. The van der Waals surface area contributed by atoms with Crippen LogP contribution < -0.4 is 5.32 Å². The monoisotopic (exact) mass is 196 g/mol. The van der Waals surface area contributed by atoms with E-state index < -0.39 is 0 Å². The Bertz CT molecular complexity index is 237. The molecule has 0 amide bonds. The first-order chi connectivity index (χ1) is 6.76. The van der Waals surface area contributed by atoms with Crippen molar-refractivity contribution < 1.29 is 4.48 Å². The summed E-state index contributed by atoms with van der Waals surface area (Å²) in [6, 6.07) is 0.530. The third-order valence-electron chi connectivity index (χ3n) is 3.69. The fraction of sp³-hybridized carbons (Fsp3) is 0.909. The summed E-state index contributed by atoms with van der Waals surface area (Å²) in [7, 11) is 4.42. The topological polar surface area (TPSA) is 24.4 Å². The summed E-state index contributed by atoms with van der Waals surface area (Å²) < 4.78 is 1.10. The molecule has 1 fully saturated rings. The predicted molar refractivity (Wildman–Crippen MR) is 59.5 cm³/mol. The van der Waals surface area contributed by atoms with Gasteiger partial charge in [-0.15, -0.1) is 0 Å². The summed E-state index contributed by atoms with van der Waals surface area (Å²) >= 11 is 0. The van der Waals surface area contributed by atoms with Crippen LogP contribution in [0.3, 0.4) is 0 Å². The van der Waals surface area contributed by atoms with Crippen molar-refractivity contribution in [2.75, 3.05) is 33.7 Å². The Labute approximate surface area is 86.8 Å². The van der Waals surface area contributed by atoms with Gasteiger partial charge in [-0.1, -0.05) is 0 Å². The van der Waals surface area contributed by atoms with Gasteiger partial charge >= 0.3 is 0 Å². The van der Waals surface area contributed by atoms with E-state index in [1.807, 2.05) is 0 Å². The minimum Gasteiger partial charge on any atom is -0.307 e. The van der Waals surface area contributed by atoms with Gasteiger partial charge in [0.05, 0.1) is 26.7 Å². The average molecular weight is 196 g/mol. The average Bonchev–Trinajstić information content (AvgIpc) is 2.36. The Morgan fingerprint density at radius 3 is 2.86 bits per heavy atom. The molecule has 0 saturated carbocycles. The van der Waals surface area contributed by atoms with Crippen LogP contribution in [0.25, 0.3) is 0 Å². The molecular weight excluding hydrogens is 174 g/mol. The van der Waals surface area contributed by atoms with E-state index in [1.54, 1.807) is 0 Å². The Kier molecular flexibility index (Phi) is 2.88. The van der Waals surface area contributed by atoms with E-state index in [4.69, 9.17) is 4.99 Å². The summed E-state index contributed by atoms with van der Waals surface area (Å²) in [5.41, 5.74) is 0. The lowest BCUT2D eigenvalue weighted by Crippen LogP contribution is -2.58. The van der Waals surface area contributed by atoms with Crippen molar-refractivity contribution >= 4 is 5.84 Å². The smallest absolute Gasteiger partial charge is 0.215 e. The minimum atomic E-state index is 0.530. The SMILES string of the molecule is CNC1CCCC[N+]2(C)CCCN=C12. The van der Waals surface area contributed by atoms with Crippen LogP contribution in [0, 0.1) is 0 Å². The highest BCUT2D eigenvalue weighted by atomic mass is 15.4. The normalized spacial score (nSPS) is 38.4. The van der Waals surface area contributed by atoms with Gasteiger partial charge in [0.15, 0.2) is 0 Å². The number of likely N-dealkylation sites (N-methyl/N-ethyl adjacent to an activating group) is 2. The molecule has 80 valence electrons. The number of fused-ring (bicyclic) bond motifs is 1. The van der Waals surface area contributed by atoms with Crippen LogP contribution in [0.4, 0.5) is 0 Å². The lowest BCUT2D eigenvalue weighted by atomic mass is 10.1. The van der Waals surface area contributed by atoms with Crippen molar-refractivity contribution in [1.29, 1.82) is 0 Å². The van der Waals surface area contributed by atoms with E-state index >= 15 is 0 Å². The molecule has 0 aromatic carbocycles. The van der Waals surface area contributed by atoms with Crippen molar-refractivity contribution in [2.45, 2.75) is 31.7 Å². The van der Waals surface area contributed by atoms with Gasteiger partial charge in [-0.3, -0.25) is 4.48 Å². The number of nitrogens with one attached hydrogen (secondary N) is 1. The molecule has 3 heteroatoms. The Morgan fingerprint density at radius 1 is 1.29 bits per heavy atom. The number of aliphatic imine (C=N–C) groups is 1. The summed E-state index contributed by atoms with van der Waals surface area (Å²) in [6.07, 6.45) is 5.23. The van der Waals surface area contributed by atoms with Gasteiger partial charge < -0.3 is 5.32 Å². The summed E-state index contributed by atoms with van der Waals surface area (Å²) in [5, 5.41) is 3.42. The molecule has 0 aliphatic carbocycles. The number of hydrogen-bond acceptors (Lipinski definition) is 2. The molecule has 2 aliphatic heterocycles. The first-order valence-corrected chi connectivity index (χ1v) is 5.83. The Hall–Kier alpha value is -0.410. The fourth-order valence-electron chi connectivity index (χ4n) is 2.82. The molecule has 1 N–H and O–H groups in total. The molecule has 0 aromatic heterocycles. The van der Waals surface area contributed by atoms with Crippen molar-refractivity contribution in [1.82, 2.24) is 5.32 Å². The van der Waals surface area contributed by atoms with Crippen LogP contribution in [-0.4, -0.2) is 50.1 Å². The van der Waals surface area contributed by atoms with E-state index in [1.165, 1.54) is 44.6 Å². The van der Waals surface area contributed by atoms with Gasteiger partial charge in [0.25, 0.3) is 0 Å². The van der Waals surface area contributed by atoms with E-state index in [0.29, 0.717) is 6.04 Å². The third kappa shape index (κ3) is 1.71. The molecule has 2 aliphatic rings. The molecule has 14 heavy (non-hydrogen) atoms. The van der Waals surface area contributed by atoms with Gasteiger partial charge in [0, 0.05) is 6.42 Å². The molecule has 0 aromatic rings. The molecule has 0 radical (unpaired) electrons. The fourth-order valence-corrected chi connectivity index (χ4v) is 2.82. The zero-order valence-electron chi connectivity index (χ0n) is 9.42. The molecule has 0 bridgehead atoms. The molecule has 1 saturated heterocycles. The first kappa shape index (κ1) is 10.1. The van der Waals surface area contributed by atoms with Crippen LogP contribution in [-0.2, 0) is 0 Å². The molecule has 0 spiro atoms. The lowest BCUT2D eigenvalue weighted by molar-refractivity contribution is -0.824. The van der Waals surface area contributed by atoms with E-state index in [0.717, 1.165) is 11.0 Å². The van der Waals surface area contributed by atoms with Gasteiger partial charge in [-0.05, 0) is 26.3 Å². The quantitative estimate of drug-likeness (QED) is 0.622. The number of quaternary nitrogens is 1. The van der Waals surface area contributed by atoms with Gasteiger partial charge in [0.1, 0.15) is 6.04 Å².